The highest BCUT2D eigenvalue weighted by Gasteiger charge is 2.28. The molecule has 2 aromatic rings. The van der Waals surface area contributed by atoms with Crippen molar-refractivity contribution < 1.29 is 14.6 Å². The second-order valence-corrected chi connectivity index (χ2v) is 6.67. The van der Waals surface area contributed by atoms with E-state index in [9.17, 15) is 9.90 Å². The maximum absolute atomic E-state index is 11.3. The van der Waals surface area contributed by atoms with Gasteiger partial charge in [-0.3, -0.25) is 4.98 Å². The van der Waals surface area contributed by atoms with Crippen LogP contribution < -0.4 is 10.5 Å². The number of hydrogen-bond donors (Lipinski definition) is 2. The van der Waals surface area contributed by atoms with Crippen molar-refractivity contribution in [2.24, 2.45) is 0 Å². The fourth-order valence-corrected chi connectivity index (χ4v) is 3.22. The summed E-state index contributed by atoms with van der Waals surface area (Å²) in [7, 11) is 0. The van der Waals surface area contributed by atoms with E-state index >= 15 is 0 Å². The molecule has 3 heterocycles. The third-order valence-corrected chi connectivity index (χ3v) is 5.12. The number of nitrogens with zero attached hydrogens (tertiary/aromatic N) is 3. The van der Waals surface area contributed by atoms with Crippen LogP contribution in [-0.2, 0) is 6.54 Å². The smallest absolute Gasteiger partial charge is 0.407 e. The number of anilines is 1. The fraction of sp³-hybridized carbons (Fsp3) is 0.312. The lowest BCUT2D eigenvalue weighted by Crippen LogP contribution is -2.37. The van der Waals surface area contributed by atoms with Gasteiger partial charge in [0.2, 0.25) is 0 Å². The Hall–Kier alpha value is -2.10. The molecule has 24 heavy (non-hydrogen) atoms. The van der Waals surface area contributed by atoms with Crippen molar-refractivity contribution in [1.29, 1.82) is 0 Å². The Morgan fingerprint density at radius 1 is 1.54 bits per heavy atom. The van der Waals surface area contributed by atoms with E-state index in [0.717, 1.165) is 21.2 Å². The van der Waals surface area contributed by atoms with Crippen molar-refractivity contribution in [3.63, 3.8) is 0 Å². The minimum Gasteiger partial charge on any atom is -0.465 e. The Morgan fingerprint density at radius 2 is 2.33 bits per heavy atom. The summed E-state index contributed by atoms with van der Waals surface area (Å²) < 4.78 is 6.59. The monoisotopic (exact) mass is 440 g/mol. The van der Waals surface area contributed by atoms with Crippen LogP contribution in [0, 0.1) is 3.57 Å². The SMILES string of the molecule is CC[C@H]1CN(C(=O)O)Cc2cc(Oc3ccnc(N)c3I)cnc21. The second-order valence-electron chi connectivity index (χ2n) is 5.59. The molecule has 7 nitrogen and oxygen atoms in total. The minimum atomic E-state index is -0.915. The topological polar surface area (TPSA) is 102 Å². The lowest BCUT2D eigenvalue weighted by Gasteiger charge is -2.31. The van der Waals surface area contributed by atoms with Gasteiger partial charge in [-0.15, -0.1) is 0 Å². The van der Waals surface area contributed by atoms with Crippen LogP contribution in [0.5, 0.6) is 11.5 Å². The van der Waals surface area contributed by atoms with Crippen LogP contribution in [0.1, 0.15) is 30.5 Å². The van der Waals surface area contributed by atoms with Gasteiger partial charge in [0.05, 0.1) is 22.0 Å². The van der Waals surface area contributed by atoms with E-state index in [4.69, 9.17) is 10.5 Å². The Morgan fingerprint density at radius 3 is 3.04 bits per heavy atom. The number of aromatic nitrogens is 2. The van der Waals surface area contributed by atoms with E-state index in [2.05, 4.69) is 32.6 Å². The van der Waals surface area contributed by atoms with Crippen molar-refractivity contribution in [3.8, 4) is 11.5 Å². The molecule has 2 aromatic heterocycles. The molecular weight excluding hydrogens is 423 g/mol. The fourth-order valence-electron chi connectivity index (χ4n) is 2.79. The van der Waals surface area contributed by atoms with Gasteiger partial charge in [-0.2, -0.15) is 0 Å². The van der Waals surface area contributed by atoms with Crippen molar-refractivity contribution in [2.75, 3.05) is 12.3 Å². The number of nitrogens with two attached hydrogens (primary N) is 1. The molecule has 0 aromatic carbocycles. The highest BCUT2D eigenvalue weighted by molar-refractivity contribution is 14.1. The number of pyridine rings is 2. The maximum atomic E-state index is 11.3. The van der Waals surface area contributed by atoms with E-state index in [1.54, 1.807) is 18.5 Å². The molecule has 0 fully saturated rings. The first-order chi connectivity index (χ1) is 11.5. The van der Waals surface area contributed by atoms with E-state index in [1.807, 2.05) is 13.0 Å². The van der Waals surface area contributed by atoms with Crippen molar-refractivity contribution in [3.05, 3.63) is 39.4 Å². The first-order valence-electron chi connectivity index (χ1n) is 7.54. The van der Waals surface area contributed by atoms with E-state index < -0.39 is 6.09 Å². The summed E-state index contributed by atoms with van der Waals surface area (Å²) in [5.41, 5.74) is 7.62. The number of ether oxygens (including phenoxy) is 1. The van der Waals surface area contributed by atoms with Gasteiger partial charge in [-0.1, -0.05) is 6.92 Å². The number of carboxylic acid groups (broad SMARTS) is 1. The van der Waals surface area contributed by atoms with Crippen molar-refractivity contribution >= 4 is 34.5 Å². The van der Waals surface area contributed by atoms with E-state index in [1.165, 1.54) is 4.90 Å². The quantitative estimate of drug-likeness (QED) is 0.710. The van der Waals surface area contributed by atoms with Crippen molar-refractivity contribution in [2.45, 2.75) is 25.8 Å². The number of rotatable bonds is 3. The molecule has 1 amide bonds. The maximum Gasteiger partial charge on any atom is 0.407 e. The zero-order valence-corrected chi connectivity index (χ0v) is 15.2. The zero-order chi connectivity index (χ0) is 17.3. The molecule has 1 aliphatic heterocycles. The molecule has 0 spiro atoms. The third-order valence-electron chi connectivity index (χ3n) is 4.04. The lowest BCUT2D eigenvalue weighted by atomic mass is 9.93. The van der Waals surface area contributed by atoms with E-state index in [0.29, 0.717) is 30.4 Å². The Balaban J connectivity index is 1.91. The minimum absolute atomic E-state index is 0.107. The van der Waals surface area contributed by atoms with Crippen molar-refractivity contribution in [1.82, 2.24) is 14.9 Å². The summed E-state index contributed by atoms with van der Waals surface area (Å²) in [5, 5.41) is 9.30. The molecule has 1 atom stereocenters. The average molecular weight is 440 g/mol. The number of nitrogen functional groups attached to an aromatic ring is 1. The molecule has 0 saturated heterocycles. The predicted octanol–water partition coefficient (Wildman–Crippen LogP) is 3.44. The summed E-state index contributed by atoms with van der Waals surface area (Å²) in [6.07, 6.45) is 3.17. The van der Waals surface area contributed by atoms with Crippen LogP contribution in [-0.4, -0.2) is 32.6 Å². The molecule has 3 N–H and O–H groups in total. The van der Waals surface area contributed by atoms with Crippen LogP contribution >= 0.6 is 22.6 Å². The Kier molecular flexibility index (Phi) is 4.74. The number of halogens is 1. The molecule has 0 saturated carbocycles. The van der Waals surface area contributed by atoms with E-state index in [-0.39, 0.29) is 5.92 Å². The molecule has 1 aliphatic rings. The molecule has 0 radical (unpaired) electrons. The molecule has 0 aliphatic carbocycles. The predicted molar refractivity (Wildman–Crippen MR) is 97.1 cm³/mol. The number of carbonyl (C=O) groups is 1. The molecule has 0 unspecified atom stereocenters. The van der Waals surface area contributed by atoms with Crippen LogP contribution in [0.3, 0.4) is 0 Å². The van der Waals surface area contributed by atoms with Gasteiger partial charge in [0, 0.05) is 24.7 Å². The molecule has 0 bridgehead atoms. The Labute approximate surface area is 153 Å². The van der Waals surface area contributed by atoms with Gasteiger partial charge < -0.3 is 20.5 Å². The number of amides is 1. The average Bonchev–Trinajstić information content (AvgIpc) is 2.57. The summed E-state index contributed by atoms with van der Waals surface area (Å²) in [5.74, 6) is 1.67. The summed E-state index contributed by atoms with van der Waals surface area (Å²) in [6, 6.07) is 3.59. The first-order valence-corrected chi connectivity index (χ1v) is 8.62. The van der Waals surface area contributed by atoms with Gasteiger partial charge in [0.15, 0.2) is 0 Å². The molecule has 3 rings (SSSR count). The molecule has 8 heteroatoms. The standard InChI is InChI=1S/C16H17IN4O3/c1-2-9-7-21(16(22)23)8-10-5-11(6-20-14(9)10)24-12-3-4-19-15(18)13(12)17/h3-6,9H,2,7-8H2,1H3,(H2,18,19)(H,22,23)/t9-/m0/s1. The summed E-state index contributed by atoms with van der Waals surface area (Å²) >= 11 is 2.08. The first kappa shape index (κ1) is 16.7. The van der Waals surface area contributed by atoms with Gasteiger partial charge in [0.25, 0.3) is 0 Å². The largest absolute Gasteiger partial charge is 0.465 e. The molecular formula is C16H17IN4O3. The van der Waals surface area contributed by atoms with Gasteiger partial charge >= 0.3 is 6.09 Å². The second kappa shape index (κ2) is 6.80. The van der Waals surface area contributed by atoms with Gasteiger partial charge in [0.1, 0.15) is 17.3 Å². The lowest BCUT2D eigenvalue weighted by molar-refractivity contribution is 0.133. The summed E-state index contributed by atoms with van der Waals surface area (Å²) in [4.78, 5) is 21.3. The third kappa shape index (κ3) is 3.23. The number of hydrogen-bond acceptors (Lipinski definition) is 5. The highest BCUT2D eigenvalue weighted by atomic mass is 127. The van der Waals surface area contributed by atoms with Crippen LogP contribution in [0.2, 0.25) is 0 Å². The van der Waals surface area contributed by atoms with Crippen LogP contribution in [0.4, 0.5) is 10.6 Å². The van der Waals surface area contributed by atoms with Crippen LogP contribution in [0.25, 0.3) is 0 Å². The molecule has 126 valence electrons. The Bertz CT molecular complexity index is 784. The van der Waals surface area contributed by atoms with Gasteiger partial charge in [-0.05, 0) is 40.6 Å². The highest BCUT2D eigenvalue weighted by Crippen LogP contribution is 2.34. The summed E-state index contributed by atoms with van der Waals surface area (Å²) in [6.45, 7) is 2.83. The number of fused-ring (bicyclic) bond motifs is 1. The normalized spacial score (nSPS) is 16.6. The van der Waals surface area contributed by atoms with Gasteiger partial charge in [-0.25, -0.2) is 9.78 Å². The zero-order valence-electron chi connectivity index (χ0n) is 13.1. The van der Waals surface area contributed by atoms with Crippen LogP contribution in [0.15, 0.2) is 24.5 Å².